The molecular formula is C14H10BrN3O4. The summed E-state index contributed by atoms with van der Waals surface area (Å²) in [6, 6.07) is 11.9. The first-order chi connectivity index (χ1) is 10.5. The normalized spacial score (nSPS) is 11.0. The van der Waals surface area contributed by atoms with Crippen molar-refractivity contribution in [3.05, 3.63) is 74.2 Å². The standard InChI is InChI=1S/C14H10BrN3O4/c15-11-5-1-10(2-6-11)14(19)22-17-13(16)9-3-7-12(8-4-9)18(20)21/h1-8H,(H2,16,17). The number of amidine groups is 1. The zero-order chi connectivity index (χ0) is 16.1. The van der Waals surface area contributed by atoms with Crippen LogP contribution in [0.25, 0.3) is 0 Å². The molecule has 0 spiro atoms. The van der Waals surface area contributed by atoms with Gasteiger partial charge in [0, 0.05) is 22.2 Å². The van der Waals surface area contributed by atoms with Crippen molar-refractivity contribution in [1.29, 1.82) is 0 Å². The number of hydrogen-bond donors (Lipinski definition) is 1. The third kappa shape index (κ3) is 3.89. The number of halogens is 1. The van der Waals surface area contributed by atoms with Crippen LogP contribution in [0.3, 0.4) is 0 Å². The van der Waals surface area contributed by atoms with Crippen LogP contribution in [0.15, 0.2) is 58.2 Å². The minimum absolute atomic E-state index is 0.0552. The van der Waals surface area contributed by atoms with Gasteiger partial charge in [-0.3, -0.25) is 10.1 Å². The molecule has 0 unspecified atom stereocenters. The Balaban J connectivity index is 2.07. The number of rotatable bonds is 4. The highest BCUT2D eigenvalue weighted by Gasteiger charge is 2.09. The van der Waals surface area contributed by atoms with Gasteiger partial charge in [-0.1, -0.05) is 21.1 Å². The molecule has 0 fully saturated rings. The van der Waals surface area contributed by atoms with Crippen molar-refractivity contribution in [2.45, 2.75) is 0 Å². The van der Waals surface area contributed by atoms with Crippen LogP contribution in [0.1, 0.15) is 15.9 Å². The maximum absolute atomic E-state index is 11.7. The van der Waals surface area contributed by atoms with Gasteiger partial charge in [-0.05, 0) is 36.4 Å². The van der Waals surface area contributed by atoms with E-state index in [-0.39, 0.29) is 11.5 Å². The molecule has 2 N–H and O–H groups in total. The molecule has 0 radical (unpaired) electrons. The topological polar surface area (TPSA) is 108 Å². The van der Waals surface area contributed by atoms with Crippen LogP contribution in [0.5, 0.6) is 0 Å². The van der Waals surface area contributed by atoms with Crippen molar-refractivity contribution in [2.75, 3.05) is 0 Å². The van der Waals surface area contributed by atoms with Crippen LogP contribution in [0.4, 0.5) is 5.69 Å². The highest BCUT2D eigenvalue weighted by molar-refractivity contribution is 9.10. The molecule has 0 aliphatic carbocycles. The van der Waals surface area contributed by atoms with Crippen molar-refractivity contribution in [3.8, 4) is 0 Å². The fraction of sp³-hybridized carbons (Fsp3) is 0. The summed E-state index contributed by atoms with van der Waals surface area (Å²) in [6.45, 7) is 0. The predicted molar refractivity (Wildman–Crippen MR) is 83.4 cm³/mol. The first-order valence-electron chi connectivity index (χ1n) is 6.02. The number of carbonyl (C=O) groups is 1. The van der Waals surface area contributed by atoms with E-state index in [2.05, 4.69) is 21.1 Å². The Hall–Kier alpha value is -2.74. The third-order valence-electron chi connectivity index (χ3n) is 2.68. The van der Waals surface area contributed by atoms with Crippen molar-refractivity contribution < 1.29 is 14.6 Å². The van der Waals surface area contributed by atoms with E-state index < -0.39 is 10.9 Å². The van der Waals surface area contributed by atoms with Crippen LogP contribution < -0.4 is 5.73 Å². The first-order valence-corrected chi connectivity index (χ1v) is 6.82. The minimum atomic E-state index is -0.655. The number of nitrogens with zero attached hydrogens (tertiary/aromatic N) is 2. The lowest BCUT2D eigenvalue weighted by Gasteiger charge is -2.01. The van der Waals surface area contributed by atoms with Gasteiger partial charge in [0.1, 0.15) is 0 Å². The molecule has 22 heavy (non-hydrogen) atoms. The molecule has 0 aromatic heterocycles. The number of carbonyl (C=O) groups excluding carboxylic acids is 1. The summed E-state index contributed by atoms with van der Waals surface area (Å²) in [5.74, 6) is -0.710. The second kappa shape index (κ2) is 6.81. The molecule has 0 heterocycles. The summed E-state index contributed by atoms with van der Waals surface area (Å²) in [5.41, 5.74) is 6.33. The molecule has 8 heteroatoms. The monoisotopic (exact) mass is 363 g/mol. The van der Waals surface area contributed by atoms with Gasteiger partial charge in [-0.2, -0.15) is 0 Å². The molecule has 0 aliphatic heterocycles. The van der Waals surface area contributed by atoms with Gasteiger partial charge in [-0.25, -0.2) is 4.79 Å². The smallest absolute Gasteiger partial charge is 0.365 e. The first kappa shape index (κ1) is 15.6. The molecule has 2 aromatic rings. The van der Waals surface area contributed by atoms with E-state index in [1.54, 1.807) is 24.3 Å². The van der Waals surface area contributed by atoms with E-state index in [9.17, 15) is 14.9 Å². The molecule has 0 saturated heterocycles. The largest absolute Gasteiger partial charge is 0.380 e. The molecule has 2 rings (SSSR count). The van der Waals surface area contributed by atoms with Gasteiger partial charge in [0.15, 0.2) is 5.84 Å². The maximum atomic E-state index is 11.7. The van der Waals surface area contributed by atoms with E-state index in [1.165, 1.54) is 24.3 Å². The van der Waals surface area contributed by atoms with E-state index in [1.807, 2.05) is 0 Å². The maximum Gasteiger partial charge on any atom is 0.365 e. The van der Waals surface area contributed by atoms with Gasteiger partial charge < -0.3 is 10.6 Å². The highest BCUT2D eigenvalue weighted by Crippen LogP contribution is 2.13. The molecule has 0 atom stereocenters. The predicted octanol–water partition coefficient (Wildman–Crippen LogP) is 2.83. The number of non-ortho nitro benzene ring substituents is 1. The zero-order valence-electron chi connectivity index (χ0n) is 11.1. The Morgan fingerprint density at radius 3 is 2.18 bits per heavy atom. The SMILES string of the molecule is N/C(=N\OC(=O)c1ccc(Br)cc1)c1ccc([N+](=O)[O-])cc1. The van der Waals surface area contributed by atoms with E-state index in [0.717, 1.165) is 4.47 Å². The van der Waals surface area contributed by atoms with Crippen LogP contribution in [0.2, 0.25) is 0 Å². The number of nitro groups is 1. The second-order valence-corrected chi connectivity index (χ2v) is 5.08. The van der Waals surface area contributed by atoms with E-state index in [4.69, 9.17) is 10.6 Å². The summed E-state index contributed by atoms with van der Waals surface area (Å²) in [4.78, 5) is 26.5. The lowest BCUT2D eigenvalue weighted by Crippen LogP contribution is -2.15. The lowest BCUT2D eigenvalue weighted by atomic mass is 10.2. The average Bonchev–Trinajstić information content (AvgIpc) is 2.53. The van der Waals surface area contributed by atoms with Crippen LogP contribution >= 0.6 is 15.9 Å². The van der Waals surface area contributed by atoms with Gasteiger partial charge >= 0.3 is 5.97 Å². The molecule has 112 valence electrons. The summed E-state index contributed by atoms with van der Waals surface area (Å²) in [7, 11) is 0. The summed E-state index contributed by atoms with van der Waals surface area (Å²) in [6.07, 6.45) is 0. The molecule has 2 aromatic carbocycles. The van der Waals surface area contributed by atoms with E-state index >= 15 is 0 Å². The van der Waals surface area contributed by atoms with Crippen LogP contribution in [-0.4, -0.2) is 16.7 Å². The van der Waals surface area contributed by atoms with Gasteiger partial charge in [0.25, 0.3) is 5.69 Å². The van der Waals surface area contributed by atoms with Crippen molar-refractivity contribution in [2.24, 2.45) is 10.9 Å². The molecule has 0 aliphatic rings. The number of oxime groups is 1. The number of nitro benzene ring substituents is 1. The molecule has 7 nitrogen and oxygen atoms in total. The molecule has 0 bridgehead atoms. The van der Waals surface area contributed by atoms with Crippen molar-refractivity contribution >= 4 is 33.4 Å². The van der Waals surface area contributed by atoms with E-state index in [0.29, 0.717) is 11.1 Å². The fourth-order valence-electron chi connectivity index (χ4n) is 1.54. The zero-order valence-corrected chi connectivity index (χ0v) is 12.7. The van der Waals surface area contributed by atoms with Crippen molar-refractivity contribution in [1.82, 2.24) is 0 Å². The molecule has 0 amide bonds. The highest BCUT2D eigenvalue weighted by atomic mass is 79.9. The molecule has 0 saturated carbocycles. The number of benzene rings is 2. The van der Waals surface area contributed by atoms with Crippen molar-refractivity contribution in [3.63, 3.8) is 0 Å². The third-order valence-corrected chi connectivity index (χ3v) is 3.21. The average molecular weight is 364 g/mol. The van der Waals surface area contributed by atoms with Gasteiger partial charge in [0.2, 0.25) is 0 Å². The minimum Gasteiger partial charge on any atom is -0.380 e. The Morgan fingerprint density at radius 1 is 1.09 bits per heavy atom. The Bertz CT molecular complexity index is 727. The Kier molecular flexibility index (Phi) is 4.84. The lowest BCUT2D eigenvalue weighted by molar-refractivity contribution is -0.384. The van der Waals surface area contributed by atoms with Crippen LogP contribution in [0, 0.1) is 10.1 Å². The molecular weight excluding hydrogens is 354 g/mol. The number of hydrogen-bond acceptors (Lipinski definition) is 5. The summed E-state index contributed by atoms with van der Waals surface area (Å²) in [5, 5.41) is 14.1. The Labute approximate surface area is 133 Å². The van der Waals surface area contributed by atoms with Crippen LogP contribution in [-0.2, 0) is 4.84 Å². The number of nitrogens with two attached hydrogens (primary N) is 1. The second-order valence-electron chi connectivity index (χ2n) is 4.17. The fourth-order valence-corrected chi connectivity index (χ4v) is 1.80. The summed E-state index contributed by atoms with van der Waals surface area (Å²) >= 11 is 3.26. The van der Waals surface area contributed by atoms with Gasteiger partial charge in [0.05, 0.1) is 10.5 Å². The summed E-state index contributed by atoms with van der Waals surface area (Å²) < 4.78 is 0.831. The van der Waals surface area contributed by atoms with Gasteiger partial charge in [-0.15, -0.1) is 0 Å². The quantitative estimate of drug-likeness (QED) is 0.295. The Morgan fingerprint density at radius 2 is 1.64 bits per heavy atom.